The molecule has 23 heavy (non-hydrogen) atoms. The molecule has 1 aromatic heterocycles. The Labute approximate surface area is 128 Å². The van der Waals surface area contributed by atoms with Gasteiger partial charge < -0.3 is 0 Å². The molecule has 0 fully saturated rings. The Bertz CT molecular complexity index is 636. The van der Waals surface area contributed by atoms with Gasteiger partial charge in [0.05, 0.1) is 5.56 Å². The van der Waals surface area contributed by atoms with Crippen LogP contribution in [0.4, 0.5) is 26.3 Å². The number of alkyl halides is 6. The molecule has 1 heterocycles. The van der Waals surface area contributed by atoms with Crippen LogP contribution in [0.15, 0.2) is 48.8 Å². The van der Waals surface area contributed by atoms with Crippen molar-refractivity contribution in [3.8, 4) is 0 Å². The quantitative estimate of drug-likeness (QED) is 0.833. The van der Waals surface area contributed by atoms with Crippen molar-refractivity contribution >= 4 is 0 Å². The minimum atomic E-state index is -4.87. The fraction of sp³-hybridized carbons (Fsp3) is 0.267. The van der Waals surface area contributed by atoms with Gasteiger partial charge in [0.15, 0.2) is 0 Å². The number of benzene rings is 1. The Morgan fingerprint density at radius 3 is 2.22 bits per heavy atom. The lowest BCUT2D eigenvalue weighted by atomic mass is 9.99. The van der Waals surface area contributed by atoms with Crippen molar-refractivity contribution in [1.82, 2.24) is 10.3 Å². The van der Waals surface area contributed by atoms with Crippen molar-refractivity contribution in [2.75, 3.05) is 0 Å². The average molecular weight is 334 g/mol. The van der Waals surface area contributed by atoms with Crippen LogP contribution in [-0.4, -0.2) is 11.2 Å². The fourth-order valence-electron chi connectivity index (χ4n) is 2.13. The first-order chi connectivity index (χ1) is 10.7. The minimum Gasteiger partial charge on any atom is -0.298 e. The van der Waals surface area contributed by atoms with Crippen molar-refractivity contribution in [3.63, 3.8) is 0 Å². The van der Waals surface area contributed by atoms with Crippen LogP contribution < -0.4 is 5.32 Å². The summed E-state index contributed by atoms with van der Waals surface area (Å²) in [6.07, 6.45) is -6.95. The molecule has 1 unspecified atom stereocenters. The van der Waals surface area contributed by atoms with Crippen molar-refractivity contribution < 1.29 is 26.3 Å². The van der Waals surface area contributed by atoms with Crippen LogP contribution in [0.1, 0.15) is 22.7 Å². The number of halogens is 6. The van der Waals surface area contributed by atoms with E-state index in [1.165, 1.54) is 24.5 Å². The predicted molar refractivity (Wildman–Crippen MR) is 71.3 cm³/mol. The molecule has 0 aliphatic carbocycles. The molecular weight excluding hydrogens is 322 g/mol. The molecule has 0 radical (unpaired) electrons. The number of nitrogens with zero attached hydrogens (tertiary/aromatic N) is 1. The van der Waals surface area contributed by atoms with Gasteiger partial charge in [0.1, 0.15) is 6.04 Å². The molecular formula is C15H12F6N2. The Hall–Kier alpha value is -2.09. The van der Waals surface area contributed by atoms with Crippen LogP contribution in [0, 0.1) is 0 Å². The van der Waals surface area contributed by atoms with Crippen LogP contribution in [0.3, 0.4) is 0 Å². The Morgan fingerprint density at radius 1 is 0.957 bits per heavy atom. The van der Waals surface area contributed by atoms with E-state index in [2.05, 4.69) is 10.3 Å². The number of nitrogens with one attached hydrogen (secondary N) is 1. The number of hydrogen-bond acceptors (Lipinski definition) is 2. The Morgan fingerprint density at radius 2 is 1.65 bits per heavy atom. The van der Waals surface area contributed by atoms with Crippen LogP contribution in [0.2, 0.25) is 0 Å². The number of pyridine rings is 1. The zero-order valence-electron chi connectivity index (χ0n) is 11.6. The van der Waals surface area contributed by atoms with Crippen LogP contribution in [0.25, 0.3) is 0 Å². The maximum Gasteiger partial charge on any atom is 0.416 e. The normalized spacial score (nSPS) is 13.8. The monoisotopic (exact) mass is 334 g/mol. The van der Waals surface area contributed by atoms with Gasteiger partial charge in [-0.25, -0.2) is 0 Å². The van der Waals surface area contributed by atoms with Crippen molar-refractivity contribution in [2.45, 2.75) is 24.9 Å². The molecule has 0 saturated heterocycles. The highest BCUT2D eigenvalue weighted by Crippen LogP contribution is 2.40. The average Bonchev–Trinajstić information content (AvgIpc) is 2.46. The molecule has 0 bridgehead atoms. The number of hydrogen-bond donors (Lipinski definition) is 1. The predicted octanol–water partition coefficient (Wildman–Crippen LogP) is 4.49. The summed E-state index contributed by atoms with van der Waals surface area (Å²) in [5.74, 6) is 0. The van der Waals surface area contributed by atoms with E-state index < -0.39 is 29.5 Å². The highest BCUT2D eigenvalue weighted by Gasteiger charge is 2.45. The van der Waals surface area contributed by atoms with E-state index in [9.17, 15) is 26.3 Å². The second kappa shape index (κ2) is 6.57. The molecule has 8 heteroatoms. The van der Waals surface area contributed by atoms with E-state index in [-0.39, 0.29) is 6.54 Å². The molecule has 1 atom stereocenters. The maximum absolute atomic E-state index is 13.2. The summed E-state index contributed by atoms with van der Waals surface area (Å²) in [4.78, 5) is 3.75. The molecule has 124 valence electrons. The molecule has 1 aromatic carbocycles. The van der Waals surface area contributed by atoms with Crippen molar-refractivity contribution in [1.29, 1.82) is 0 Å². The van der Waals surface area contributed by atoms with Crippen LogP contribution in [-0.2, 0) is 12.7 Å². The SMILES string of the molecule is FC(F)(F)c1ccccc1C(NCc1cccnc1)C(F)(F)F. The highest BCUT2D eigenvalue weighted by molar-refractivity contribution is 5.33. The zero-order chi connectivity index (χ0) is 17.1. The lowest BCUT2D eigenvalue weighted by Crippen LogP contribution is -2.35. The summed E-state index contributed by atoms with van der Waals surface area (Å²) < 4.78 is 78.6. The van der Waals surface area contributed by atoms with Crippen LogP contribution >= 0.6 is 0 Å². The third kappa shape index (κ3) is 4.44. The molecule has 0 saturated carbocycles. The summed E-state index contributed by atoms with van der Waals surface area (Å²) >= 11 is 0. The maximum atomic E-state index is 13.2. The lowest BCUT2D eigenvalue weighted by Gasteiger charge is -2.25. The van der Waals surface area contributed by atoms with E-state index in [1.807, 2.05) is 0 Å². The van der Waals surface area contributed by atoms with Crippen molar-refractivity contribution in [3.05, 3.63) is 65.5 Å². The molecule has 0 spiro atoms. The topological polar surface area (TPSA) is 24.9 Å². The first kappa shape index (κ1) is 17.3. The molecule has 0 aliphatic heterocycles. The van der Waals surface area contributed by atoms with Crippen LogP contribution in [0.5, 0.6) is 0 Å². The minimum absolute atomic E-state index is 0.260. The van der Waals surface area contributed by atoms with Gasteiger partial charge in [-0.3, -0.25) is 10.3 Å². The summed E-state index contributed by atoms with van der Waals surface area (Å²) in [6, 6.07) is 4.31. The summed E-state index contributed by atoms with van der Waals surface area (Å²) in [6.45, 7) is -0.260. The molecule has 2 aromatic rings. The molecule has 2 nitrogen and oxygen atoms in total. The van der Waals surface area contributed by atoms with E-state index >= 15 is 0 Å². The lowest BCUT2D eigenvalue weighted by molar-refractivity contribution is -0.163. The second-order valence-electron chi connectivity index (χ2n) is 4.80. The Kier molecular flexibility index (Phi) is 4.93. The molecule has 2 rings (SSSR count). The second-order valence-corrected chi connectivity index (χ2v) is 4.80. The van der Waals surface area contributed by atoms with Gasteiger partial charge in [0, 0.05) is 18.9 Å². The van der Waals surface area contributed by atoms with Gasteiger partial charge in [-0.1, -0.05) is 24.3 Å². The number of aromatic nitrogens is 1. The van der Waals surface area contributed by atoms with E-state index in [1.54, 1.807) is 0 Å². The van der Waals surface area contributed by atoms with Gasteiger partial charge in [-0.05, 0) is 23.3 Å². The number of rotatable bonds is 4. The standard InChI is InChI=1S/C15H12F6N2/c16-14(17,18)12-6-2-1-5-11(12)13(15(19,20)21)23-9-10-4-3-7-22-8-10/h1-8,13,23H,9H2. The van der Waals surface area contributed by atoms with Gasteiger partial charge in [-0.2, -0.15) is 26.3 Å². The van der Waals surface area contributed by atoms with E-state index in [0.717, 1.165) is 18.2 Å². The van der Waals surface area contributed by atoms with Crippen molar-refractivity contribution in [2.24, 2.45) is 0 Å². The Balaban J connectivity index is 2.33. The molecule has 0 aliphatic rings. The first-order valence-electron chi connectivity index (χ1n) is 6.54. The molecule has 1 N–H and O–H groups in total. The zero-order valence-corrected chi connectivity index (χ0v) is 11.6. The van der Waals surface area contributed by atoms with Gasteiger partial charge >= 0.3 is 12.4 Å². The smallest absolute Gasteiger partial charge is 0.298 e. The first-order valence-corrected chi connectivity index (χ1v) is 6.54. The van der Waals surface area contributed by atoms with Gasteiger partial charge in [-0.15, -0.1) is 0 Å². The summed E-state index contributed by atoms with van der Waals surface area (Å²) in [5.41, 5.74) is -1.72. The van der Waals surface area contributed by atoms with Gasteiger partial charge in [0.2, 0.25) is 0 Å². The summed E-state index contributed by atoms with van der Waals surface area (Å²) in [5, 5.41) is 2.14. The van der Waals surface area contributed by atoms with Gasteiger partial charge in [0.25, 0.3) is 0 Å². The third-order valence-corrected chi connectivity index (χ3v) is 3.14. The molecule has 0 amide bonds. The highest BCUT2D eigenvalue weighted by atomic mass is 19.4. The largest absolute Gasteiger partial charge is 0.416 e. The fourth-order valence-corrected chi connectivity index (χ4v) is 2.13. The van der Waals surface area contributed by atoms with E-state index in [4.69, 9.17) is 0 Å². The van der Waals surface area contributed by atoms with E-state index in [0.29, 0.717) is 11.6 Å². The summed E-state index contributed by atoms with van der Waals surface area (Å²) in [7, 11) is 0. The third-order valence-electron chi connectivity index (χ3n) is 3.14.